The van der Waals surface area contributed by atoms with Gasteiger partial charge in [-0.2, -0.15) is 0 Å². The monoisotopic (exact) mass is 460 g/mol. The Morgan fingerprint density at radius 3 is 3.00 bits per heavy atom. The van der Waals surface area contributed by atoms with Crippen LogP contribution in [0.2, 0.25) is 5.02 Å². The number of rotatable bonds is 6. The molecule has 0 saturated carbocycles. The van der Waals surface area contributed by atoms with Crippen molar-refractivity contribution in [3.63, 3.8) is 0 Å². The highest BCUT2D eigenvalue weighted by atomic mass is 35.5. The van der Waals surface area contributed by atoms with Crippen LogP contribution in [0.4, 0.5) is 5.13 Å². The number of H-pyrrole nitrogens is 1. The molecule has 0 aliphatic heterocycles. The summed E-state index contributed by atoms with van der Waals surface area (Å²) in [6.07, 6.45) is 5.91. The van der Waals surface area contributed by atoms with Crippen molar-refractivity contribution < 1.29 is 4.74 Å². The topological polar surface area (TPSA) is 71.9 Å². The van der Waals surface area contributed by atoms with Crippen LogP contribution < -0.4 is 11.0 Å². The largest absolute Gasteiger partial charge is 0.380 e. The van der Waals surface area contributed by atoms with E-state index in [4.69, 9.17) is 33.5 Å². The number of aromatic nitrogens is 3. The second kappa shape index (κ2) is 8.85. The number of aromatic amines is 1. The number of aryl methyl sites for hydroxylation is 1. The molecule has 1 unspecified atom stereocenters. The summed E-state index contributed by atoms with van der Waals surface area (Å²) in [5, 5.41) is 4.83. The second-order valence-electron chi connectivity index (χ2n) is 6.89. The van der Waals surface area contributed by atoms with Gasteiger partial charge in [0, 0.05) is 37.0 Å². The van der Waals surface area contributed by atoms with Gasteiger partial charge in [0.15, 0.2) is 5.13 Å². The molecule has 1 atom stereocenters. The van der Waals surface area contributed by atoms with Gasteiger partial charge in [-0.25, -0.2) is 9.78 Å². The highest BCUT2D eigenvalue weighted by molar-refractivity contribution is 7.71. The zero-order valence-corrected chi connectivity index (χ0v) is 19.0. The zero-order valence-electron chi connectivity index (χ0n) is 16.6. The van der Waals surface area contributed by atoms with E-state index in [0.717, 1.165) is 32.4 Å². The van der Waals surface area contributed by atoms with E-state index in [1.807, 2.05) is 25.1 Å². The highest BCUT2D eigenvalue weighted by Gasteiger charge is 2.28. The van der Waals surface area contributed by atoms with E-state index in [2.05, 4.69) is 22.5 Å². The van der Waals surface area contributed by atoms with Crippen molar-refractivity contribution in [2.45, 2.75) is 12.8 Å². The Morgan fingerprint density at radius 2 is 2.20 bits per heavy atom. The van der Waals surface area contributed by atoms with Crippen molar-refractivity contribution in [1.82, 2.24) is 14.5 Å². The fourth-order valence-electron chi connectivity index (χ4n) is 3.49. The predicted octanol–water partition coefficient (Wildman–Crippen LogP) is 4.67. The van der Waals surface area contributed by atoms with Crippen LogP contribution in [0.5, 0.6) is 0 Å². The van der Waals surface area contributed by atoms with E-state index in [1.54, 1.807) is 24.6 Å². The molecule has 2 aromatic heterocycles. The maximum atomic E-state index is 12.0. The Hall–Kier alpha value is -2.26. The van der Waals surface area contributed by atoms with Gasteiger partial charge in [0.1, 0.15) is 4.64 Å². The number of fused-ring (bicyclic) bond motifs is 2. The zero-order chi connectivity index (χ0) is 21.3. The number of halogens is 1. The van der Waals surface area contributed by atoms with Crippen LogP contribution in [-0.4, -0.2) is 34.3 Å². The van der Waals surface area contributed by atoms with Crippen LogP contribution in [-0.2, 0) is 11.8 Å². The van der Waals surface area contributed by atoms with Crippen molar-refractivity contribution in [3.05, 3.63) is 71.8 Å². The molecule has 6 nitrogen and oxygen atoms in total. The minimum absolute atomic E-state index is 0.225. The summed E-state index contributed by atoms with van der Waals surface area (Å²) < 4.78 is 7.32. The van der Waals surface area contributed by atoms with Crippen molar-refractivity contribution in [1.29, 1.82) is 0 Å². The number of nitrogens with zero attached hydrogens (tertiary/aromatic N) is 2. The summed E-state index contributed by atoms with van der Waals surface area (Å²) in [5.41, 5.74) is 3.52. The molecule has 1 aliphatic carbocycles. The number of benzene rings is 1. The van der Waals surface area contributed by atoms with Crippen LogP contribution in [0.15, 0.2) is 29.2 Å². The van der Waals surface area contributed by atoms with E-state index in [1.165, 1.54) is 4.57 Å². The van der Waals surface area contributed by atoms with Gasteiger partial charge in [-0.15, -0.1) is 0 Å². The van der Waals surface area contributed by atoms with Crippen molar-refractivity contribution in [3.8, 4) is 0 Å². The molecule has 2 N–H and O–H groups in total. The Balaban J connectivity index is 1.85. The third-order valence-corrected chi connectivity index (χ3v) is 6.47. The molecule has 30 heavy (non-hydrogen) atoms. The number of nitrogens with one attached hydrogen (secondary N) is 2. The molecule has 4 rings (SSSR count). The molecule has 3 aromatic rings. The number of hydrogen-bond donors (Lipinski definition) is 2. The average molecular weight is 461 g/mol. The fourth-order valence-corrected chi connectivity index (χ4v) is 4.86. The summed E-state index contributed by atoms with van der Waals surface area (Å²) in [6, 6.07) is 5.81. The maximum Gasteiger partial charge on any atom is 0.326 e. The Labute approximate surface area is 188 Å². The van der Waals surface area contributed by atoms with Crippen molar-refractivity contribution >= 4 is 52.4 Å². The highest BCUT2D eigenvalue weighted by Crippen LogP contribution is 2.42. The van der Waals surface area contributed by atoms with Gasteiger partial charge in [0.25, 0.3) is 0 Å². The smallest absolute Gasteiger partial charge is 0.326 e. The van der Waals surface area contributed by atoms with Crippen LogP contribution in [0.25, 0.3) is 12.2 Å². The van der Waals surface area contributed by atoms with Crippen LogP contribution in [0.3, 0.4) is 0 Å². The Morgan fingerprint density at radius 1 is 1.37 bits per heavy atom. The lowest BCUT2D eigenvalue weighted by molar-refractivity contribution is 0.158. The van der Waals surface area contributed by atoms with Gasteiger partial charge >= 0.3 is 5.69 Å². The lowest BCUT2D eigenvalue weighted by Gasteiger charge is -2.19. The Kier molecular flexibility index (Phi) is 6.19. The van der Waals surface area contributed by atoms with E-state index >= 15 is 0 Å². The third kappa shape index (κ3) is 4.13. The normalized spacial score (nSPS) is 14.8. The molecule has 156 valence electrons. The molecule has 0 amide bonds. The minimum Gasteiger partial charge on any atom is -0.380 e. The maximum absolute atomic E-state index is 12.0. The standard InChI is InChI=1S/C21H21ClN4O2S2/c1-3-28-9-8-23-20-24-18-16(30-20)7-4-12-10-13(22)5-6-14(12)17(18)15-11-26(2)21(27)25-19(15)29/h4-7,10-11,17H,3,8-9H2,1-2H3,(H,23,24)(H,25,27,29). The minimum atomic E-state index is -0.247. The van der Waals surface area contributed by atoms with Crippen LogP contribution >= 0.6 is 35.2 Å². The SMILES string of the molecule is CCOCCNc1nc2c(s1)C=Cc1cc(Cl)ccc1C2c1cn(C)c(=O)[nH]c1=S. The van der Waals surface area contributed by atoms with Crippen LogP contribution in [0, 0.1) is 4.64 Å². The molecule has 1 aromatic carbocycles. The molecule has 0 bridgehead atoms. The number of anilines is 1. The summed E-state index contributed by atoms with van der Waals surface area (Å²) in [6.45, 7) is 3.96. The average Bonchev–Trinajstić information content (AvgIpc) is 3.05. The van der Waals surface area contributed by atoms with Gasteiger partial charge in [-0.1, -0.05) is 47.3 Å². The molecule has 0 saturated heterocycles. The number of hydrogen-bond acceptors (Lipinski definition) is 6. The van der Waals surface area contributed by atoms with Gasteiger partial charge < -0.3 is 14.6 Å². The first-order valence-corrected chi connectivity index (χ1v) is 11.2. The predicted molar refractivity (Wildman–Crippen MR) is 125 cm³/mol. The van der Waals surface area contributed by atoms with Crippen LogP contribution in [0.1, 0.15) is 40.1 Å². The fraction of sp³-hybridized carbons (Fsp3) is 0.286. The summed E-state index contributed by atoms with van der Waals surface area (Å²) in [5.74, 6) is -0.225. The molecule has 0 fully saturated rings. The lowest BCUT2D eigenvalue weighted by Crippen LogP contribution is -2.22. The molecular weight excluding hydrogens is 440 g/mol. The van der Waals surface area contributed by atoms with E-state index in [0.29, 0.717) is 29.4 Å². The van der Waals surface area contributed by atoms with Crippen molar-refractivity contribution in [2.24, 2.45) is 7.05 Å². The number of thiazole rings is 1. The molecule has 1 aliphatic rings. The second-order valence-corrected chi connectivity index (χ2v) is 8.76. The molecular formula is C21H21ClN4O2S2. The van der Waals surface area contributed by atoms with E-state index in [9.17, 15) is 4.79 Å². The number of ether oxygens (including phenoxy) is 1. The molecule has 2 heterocycles. The molecule has 0 radical (unpaired) electrons. The summed E-state index contributed by atoms with van der Waals surface area (Å²) in [4.78, 5) is 20.7. The van der Waals surface area contributed by atoms with E-state index in [-0.39, 0.29) is 11.6 Å². The lowest BCUT2D eigenvalue weighted by atomic mass is 9.88. The molecule has 9 heteroatoms. The van der Waals surface area contributed by atoms with Gasteiger partial charge in [0.05, 0.1) is 23.1 Å². The van der Waals surface area contributed by atoms with Crippen molar-refractivity contribution in [2.75, 3.05) is 25.1 Å². The summed E-state index contributed by atoms with van der Waals surface area (Å²) >= 11 is 13.4. The first-order valence-electron chi connectivity index (χ1n) is 9.57. The first kappa shape index (κ1) is 21.0. The Bertz CT molecular complexity index is 1230. The van der Waals surface area contributed by atoms with Gasteiger partial charge in [-0.05, 0) is 36.3 Å². The third-order valence-electron chi connectivity index (χ3n) is 4.90. The molecule has 0 spiro atoms. The first-order chi connectivity index (χ1) is 14.5. The van der Waals surface area contributed by atoms with Gasteiger partial charge in [-0.3, -0.25) is 4.98 Å². The quantitative estimate of drug-likeness (QED) is 0.323. The van der Waals surface area contributed by atoms with E-state index < -0.39 is 0 Å². The van der Waals surface area contributed by atoms with Gasteiger partial charge in [0.2, 0.25) is 0 Å². The summed E-state index contributed by atoms with van der Waals surface area (Å²) in [7, 11) is 1.71.